The number of hydrogen-bond donors (Lipinski definition) is 1. The van der Waals surface area contributed by atoms with Gasteiger partial charge in [-0.3, -0.25) is 0 Å². The van der Waals surface area contributed by atoms with Crippen LogP contribution in [0.15, 0.2) is 18.2 Å². The Hall–Kier alpha value is -1.06. The fraction of sp³-hybridized carbons (Fsp3) is 0.625. The molecule has 0 aliphatic carbocycles. The van der Waals surface area contributed by atoms with Gasteiger partial charge in [0.2, 0.25) is 0 Å². The first-order valence-electron chi connectivity index (χ1n) is 7.03. The number of rotatable bonds is 3. The monoisotopic (exact) mass is 263 g/mol. The lowest BCUT2D eigenvalue weighted by Gasteiger charge is -2.27. The summed E-state index contributed by atoms with van der Waals surface area (Å²) in [5, 5.41) is 3.32. The van der Waals surface area contributed by atoms with E-state index in [1.165, 1.54) is 11.1 Å². The average molecular weight is 263 g/mol. The van der Waals surface area contributed by atoms with Crippen molar-refractivity contribution in [2.45, 2.75) is 39.2 Å². The summed E-state index contributed by atoms with van der Waals surface area (Å²) in [6, 6.07) is 6.44. The second kappa shape index (κ2) is 5.93. The predicted molar refractivity (Wildman–Crippen MR) is 78.0 cm³/mol. The van der Waals surface area contributed by atoms with Crippen molar-refractivity contribution in [1.29, 1.82) is 0 Å². The lowest BCUT2D eigenvalue weighted by atomic mass is 9.86. The van der Waals surface area contributed by atoms with Gasteiger partial charge in [-0.05, 0) is 29.5 Å². The number of hydrogen-bond acceptors (Lipinski definition) is 3. The summed E-state index contributed by atoms with van der Waals surface area (Å²) in [5.41, 5.74) is 2.57. The Balaban J connectivity index is 2.07. The van der Waals surface area contributed by atoms with Crippen LogP contribution in [0.4, 0.5) is 0 Å². The Morgan fingerprint density at radius 2 is 2.16 bits per heavy atom. The number of ether oxygens (including phenoxy) is 2. The summed E-state index contributed by atoms with van der Waals surface area (Å²) >= 11 is 0. The Morgan fingerprint density at radius 1 is 1.37 bits per heavy atom. The molecule has 1 heterocycles. The molecule has 3 nitrogen and oxygen atoms in total. The average Bonchev–Trinajstić information content (AvgIpc) is 2.36. The minimum atomic E-state index is 0.0920. The fourth-order valence-corrected chi connectivity index (χ4v) is 2.28. The van der Waals surface area contributed by atoms with Crippen molar-refractivity contribution >= 4 is 0 Å². The summed E-state index contributed by atoms with van der Waals surface area (Å²) in [6.45, 7) is 11.9. The smallest absolute Gasteiger partial charge is 0.123 e. The Bertz CT molecular complexity index is 417. The maximum atomic E-state index is 6.02. The molecule has 1 fully saturated rings. The van der Waals surface area contributed by atoms with Gasteiger partial charge in [0.05, 0.1) is 6.61 Å². The molecular formula is C16H25NO2. The second-order valence-corrected chi connectivity index (χ2v) is 6.26. The van der Waals surface area contributed by atoms with Crippen LogP contribution in [0, 0.1) is 6.92 Å². The standard InChI is InChI=1S/C16H25NO2/c1-12-5-6-14(16(2,3)4)15(9-12)19-11-13-10-17-7-8-18-13/h5-6,9,13,17H,7-8,10-11H2,1-4H3. The van der Waals surface area contributed by atoms with Gasteiger partial charge < -0.3 is 14.8 Å². The van der Waals surface area contributed by atoms with Gasteiger partial charge in [0.1, 0.15) is 18.5 Å². The number of benzene rings is 1. The van der Waals surface area contributed by atoms with Crippen molar-refractivity contribution in [3.05, 3.63) is 29.3 Å². The van der Waals surface area contributed by atoms with E-state index in [-0.39, 0.29) is 11.5 Å². The van der Waals surface area contributed by atoms with Gasteiger partial charge in [-0.15, -0.1) is 0 Å². The predicted octanol–water partition coefficient (Wildman–Crippen LogP) is 2.66. The molecule has 2 rings (SSSR count). The SMILES string of the molecule is Cc1ccc(C(C)(C)C)c(OCC2CNCCO2)c1. The molecule has 1 unspecified atom stereocenters. The third-order valence-corrected chi connectivity index (χ3v) is 3.37. The molecular weight excluding hydrogens is 238 g/mol. The molecule has 19 heavy (non-hydrogen) atoms. The third kappa shape index (κ3) is 3.95. The van der Waals surface area contributed by atoms with Crippen LogP contribution in [0.25, 0.3) is 0 Å². The van der Waals surface area contributed by atoms with Crippen LogP contribution >= 0.6 is 0 Å². The topological polar surface area (TPSA) is 30.5 Å². The van der Waals surface area contributed by atoms with Crippen LogP contribution in [0.3, 0.4) is 0 Å². The highest BCUT2D eigenvalue weighted by Gasteiger charge is 2.20. The van der Waals surface area contributed by atoms with Crippen molar-refractivity contribution in [3.8, 4) is 5.75 Å². The lowest BCUT2D eigenvalue weighted by Crippen LogP contribution is -2.41. The first kappa shape index (κ1) is 14.4. The number of morpholine rings is 1. The van der Waals surface area contributed by atoms with Gasteiger partial charge in [-0.2, -0.15) is 0 Å². The van der Waals surface area contributed by atoms with Crippen molar-refractivity contribution in [2.75, 3.05) is 26.3 Å². The van der Waals surface area contributed by atoms with Crippen LogP contribution in [0.5, 0.6) is 5.75 Å². The zero-order valence-electron chi connectivity index (χ0n) is 12.5. The maximum Gasteiger partial charge on any atom is 0.123 e. The molecule has 0 saturated carbocycles. The van der Waals surface area contributed by atoms with Gasteiger partial charge in [0.15, 0.2) is 0 Å². The quantitative estimate of drug-likeness (QED) is 0.909. The molecule has 1 aliphatic rings. The van der Waals surface area contributed by atoms with Crippen LogP contribution in [-0.2, 0) is 10.2 Å². The molecule has 106 valence electrons. The van der Waals surface area contributed by atoms with Gasteiger partial charge in [-0.25, -0.2) is 0 Å². The molecule has 1 aromatic rings. The largest absolute Gasteiger partial charge is 0.491 e. The molecule has 0 spiro atoms. The lowest BCUT2D eigenvalue weighted by molar-refractivity contribution is -0.000161. The maximum absolute atomic E-state index is 6.02. The number of aryl methyl sites for hydroxylation is 1. The molecule has 0 bridgehead atoms. The Labute approximate surface area is 116 Å². The van der Waals surface area contributed by atoms with Crippen molar-refractivity contribution in [3.63, 3.8) is 0 Å². The van der Waals surface area contributed by atoms with E-state index in [2.05, 4.69) is 51.2 Å². The Kier molecular flexibility index (Phi) is 4.48. The van der Waals surface area contributed by atoms with E-state index in [0.717, 1.165) is 25.4 Å². The number of nitrogens with one attached hydrogen (secondary N) is 1. The van der Waals surface area contributed by atoms with Crippen LogP contribution < -0.4 is 10.1 Å². The molecule has 1 aromatic carbocycles. The molecule has 1 atom stereocenters. The van der Waals surface area contributed by atoms with Crippen LogP contribution in [0.2, 0.25) is 0 Å². The summed E-state index contributed by atoms with van der Waals surface area (Å²) in [7, 11) is 0. The van der Waals surface area contributed by atoms with Gasteiger partial charge in [0.25, 0.3) is 0 Å². The molecule has 1 aliphatic heterocycles. The minimum absolute atomic E-state index is 0.0920. The van der Waals surface area contributed by atoms with E-state index in [1.807, 2.05) is 0 Å². The van der Waals surface area contributed by atoms with E-state index in [1.54, 1.807) is 0 Å². The fourth-order valence-electron chi connectivity index (χ4n) is 2.28. The zero-order valence-corrected chi connectivity index (χ0v) is 12.5. The van der Waals surface area contributed by atoms with E-state index in [0.29, 0.717) is 6.61 Å². The van der Waals surface area contributed by atoms with Gasteiger partial charge in [-0.1, -0.05) is 32.9 Å². The summed E-state index contributed by atoms with van der Waals surface area (Å²) in [5.74, 6) is 0.988. The highest BCUT2D eigenvalue weighted by atomic mass is 16.5. The van der Waals surface area contributed by atoms with Crippen molar-refractivity contribution in [2.24, 2.45) is 0 Å². The normalized spacial score (nSPS) is 20.3. The third-order valence-electron chi connectivity index (χ3n) is 3.37. The van der Waals surface area contributed by atoms with Crippen LogP contribution in [0.1, 0.15) is 31.9 Å². The van der Waals surface area contributed by atoms with Crippen molar-refractivity contribution < 1.29 is 9.47 Å². The van der Waals surface area contributed by atoms with Gasteiger partial charge in [0, 0.05) is 13.1 Å². The second-order valence-electron chi connectivity index (χ2n) is 6.26. The Morgan fingerprint density at radius 3 is 2.79 bits per heavy atom. The van der Waals surface area contributed by atoms with E-state index < -0.39 is 0 Å². The minimum Gasteiger partial charge on any atom is -0.491 e. The summed E-state index contributed by atoms with van der Waals surface area (Å²) < 4.78 is 11.7. The molecule has 0 amide bonds. The first-order chi connectivity index (χ1) is 8.97. The molecule has 1 saturated heterocycles. The van der Waals surface area contributed by atoms with E-state index in [4.69, 9.17) is 9.47 Å². The highest BCUT2D eigenvalue weighted by molar-refractivity contribution is 5.41. The summed E-state index contributed by atoms with van der Waals surface area (Å²) in [6.07, 6.45) is 0.155. The van der Waals surface area contributed by atoms with Crippen molar-refractivity contribution in [1.82, 2.24) is 5.32 Å². The molecule has 1 N–H and O–H groups in total. The zero-order chi connectivity index (χ0) is 13.9. The molecule has 3 heteroatoms. The van der Waals surface area contributed by atoms with E-state index in [9.17, 15) is 0 Å². The first-order valence-corrected chi connectivity index (χ1v) is 7.03. The highest BCUT2D eigenvalue weighted by Crippen LogP contribution is 2.32. The van der Waals surface area contributed by atoms with E-state index >= 15 is 0 Å². The molecule has 0 radical (unpaired) electrons. The molecule has 0 aromatic heterocycles. The summed E-state index contributed by atoms with van der Waals surface area (Å²) in [4.78, 5) is 0. The van der Waals surface area contributed by atoms with Crippen LogP contribution in [-0.4, -0.2) is 32.4 Å². The van der Waals surface area contributed by atoms with Gasteiger partial charge >= 0.3 is 0 Å².